The standard InChI is InChI=1S/C13H21N3O2/c1-10-8-12(18-16-10)15-11(17)9-13(14-2)6-4-3-5-7-13/h8,14H,3-7,9H2,1-2H3,(H,15,17). The van der Waals surface area contributed by atoms with Crippen molar-refractivity contribution in [3.8, 4) is 0 Å². The molecule has 2 rings (SSSR count). The molecule has 0 bridgehead atoms. The molecule has 5 heteroatoms. The van der Waals surface area contributed by atoms with Gasteiger partial charge in [-0.1, -0.05) is 24.4 Å². The average molecular weight is 251 g/mol. The molecule has 5 nitrogen and oxygen atoms in total. The quantitative estimate of drug-likeness (QED) is 0.861. The normalized spacial score (nSPS) is 18.6. The summed E-state index contributed by atoms with van der Waals surface area (Å²) in [6.07, 6.45) is 6.26. The second kappa shape index (κ2) is 5.52. The van der Waals surface area contributed by atoms with Gasteiger partial charge in [-0.2, -0.15) is 0 Å². The molecule has 100 valence electrons. The van der Waals surface area contributed by atoms with Crippen molar-refractivity contribution in [2.24, 2.45) is 0 Å². The van der Waals surface area contributed by atoms with Crippen molar-refractivity contribution in [1.29, 1.82) is 0 Å². The topological polar surface area (TPSA) is 67.2 Å². The maximum absolute atomic E-state index is 12.0. The maximum atomic E-state index is 12.0. The molecule has 0 aromatic carbocycles. The minimum absolute atomic E-state index is 0.0117. The summed E-state index contributed by atoms with van der Waals surface area (Å²) in [4.78, 5) is 12.0. The molecular weight excluding hydrogens is 230 g/mol. The third-order valence-electron chi connectivity index (χ3n) is 3.73. The molecule has 1 heterocycles. The summed E-state index contributed by atoms with van der Waals surface area (Å²) in [6.45, 7) is 1.83. The smallest absolute Gasteiger partial charge is 0.231 e. The van der Waals surface area contributed by atoms with Crippen LogP contribution in [0.3, 0.4) is 0 Å². The van der Waals surface area contributed by atoms with E-state index in [2.05, 4.69) is 15.8 Å². The van der Waals surface area contributed by atoms with Gasteiger partial charge >= 0.3 is 0 Å². The van der Waals surface area contributed by atoms with Crippen molar-refractivity contribution in [3.63, 3.8) is 0 Å². The van der Waals surface area contributed by atoms with Crippen LogP contribution in [0.5, 0.6) is 0 Å². The Morgan fingerprint density at radius 2 is 2.17 bits per heavy atom. The maximum Gasteiger partial charge on any atom is 0.231 e. The van der Waals surface area contributed by atoms with E-state index in [0.29, 0.717) is 12.3 Å². The summed E-state index contributed by atoms with van der Waals surface area (Å²) in [5, 5.41) is 9.84. The Bertz CT molecular complexity index is 408. The molecule has 0 atom stereocenters. The first-order chi connectivity index (χ1) is 8.63. The van der Waals surface area contributed by atoms with Crippen molar-refractivity contribution in [2.45, 2.75) is 51.0 Å². The second-order valence-corrected chi connectivity index (χ2v) is 5.15. The number of carbonyl (C=O) groups is 1. The van der Waals surface area contributed by atoms with E-state index in [1.165, 1.54) is 19.3 Å². The van der Waals surface area contributed by atoms with Gasteiger partial charge in [-0.05, 0) is 26.8 Å². The Hall–Kier alpha value is -1.36. The molecule has 0 spiro atoms. The van der Waals surface area contributed by atoms with Crippen LogP contribution in [0.25, 0.3) is 0 Å². The van der Waals surface area contributed by atoms with E-state index in [1.54, 1.807) is 6.07 Å². The average Bonchev–Trinajstić information content (AvgIpc) is 2.75. The molecule has 1 saturated carbocycles. The van der Waals surface area contributed by atoms with E-state index >= 15 is 0 Å². The summed E-state index contributed by atoms with van der Waals surface area (Å²) in [7, 11) is 1.94. The van der Waals surface area contributed by atoms with Gasteiger partial charge < -0.3 is 9.84 Å². The molecule has 0 saturated heterocycles. The van der Waals surface area contributed by atoms with Crippen LogP contribution in [-0.2, 0) is 4.79 Å². The van der Waals surface area contributed by atoms with Gasteiger partial charge in [-0.25, -0.2) is 0 Å². The minimum Gasteiger partial charge on any atom is -0.338 e. The number of hydrogen-bond donors (Lipinski definition) is 2. The third-order valence-corrected chi connectivity index (χ3v) is 3.73. The summed E-state index contributed by atoms with van der Waals surface area (Å²) < 4.78 is 4.99. The van der Waals surface area contributed by atoms with Gasteiger partial charge in [0, 0.05) is 18.0 Å². The largest absolute Gasteiger partial charge is 0.338 e. The molecule has 0 unspecified atom stereocenters. The van der Waals surface area contributed by atoms with Crippen LogP contribution in [0.4, 0.5) is 5.88 Å². The lowest BCUT2D eigenvalue weighted by Gasteiger charge is -2.36. The van der Waals surface area contributed by atoms with Crippen molar-refractivity contribution in [3.05, 3.63) is 11.8 Å². The van der Waals surface area contributed by atoms with E-state index in [1.807, 2.05) is 14.0 Å². The van der Waals surface area contributed by atoms with Gasteiger partial charge in [0.05, 0.1) is 5.69 Å². The van der Waals surface area contributed by atoms with E-state index in [9.17, 15) is 4.79 Å². The van der Waals surface area contributed by atoms with Crippen LogP contribution in [0.15, 0.2) is 10.6 Å². The number of nitrogens with one attached hydrogen (secondary N) is 2. The Labute approximate surface area is 107 Å². The SMILES string of the molecule is CNC1(CC(=O)Nc2cc(C)no2)CCCCC1. The van der Waals surface area contributed by atoms with Crippen molar-refractivity contribution >= 4 is 11.8 Å². The van der Waals surface area contributed by atoms with E-state index in [4.69, 9.17) is 4.52 Å². The number of nitrogens with zero attached hydrogens (tertiary/aromatic N) is 1. The van der Waals surface area contributed by atoms with Gasteiger partial charge in [0.15, 0.2) is 0 Å². The number of carbonyl (C=O) groups excluding carboxylic acids is 1. The summed E-state index contributed by atoms with van der Waals surface area (Å²) in [5.41, 5.74) is 0.725. The van der Waals surface area contributed by atoms with Crippen LogP contribution >= 0.6 is 0 Å². The lowest BCUT2D eigenvalue weighted by Crippen LogP contribution is -2.47. The lowest BCUT2D eigenvalue weighted by atomic mass is 9.79. The van der Waals surface area contributed by atoms with Crippen LogP contribution in [-0.4, -0.2) is 23.7 Å². The van der Waals surface area contributed by atoms with Gasteiger partial charge in [-0.3, -0.25) is 10.1 Å². The van der Waals surface area contributed by atoms with Crippen LogP contribution in [0.1, 0.15) is 44.2 Å². The Balaban J connectivity index is 1.93. The second-order valence-electron chi connectivity index (χ2n) is 5.15. The first-order valence-corrected chi connectivity index (χ1v) is 6.56. The van der Waals surface area contributed by atoms with Crippen LogP contribution < -0.4 is 10.6 Å². The van der Waals surface area contributed by atoms with Crippen molar-refractivity contribution < 1.29 is 9.32 Å². The molecule has 1 amide bonds. The molecule has 1 aliphatic rings. The Kier molecular flexibility index (Phi) is 4.01. The van der Waals surface area contributed by atoms with Crippen LogP contribution in [0.2, 0.25) is 0 Å². The number of aryl methyl sites for hydroxylation is 1. The fourth-order valence-electron chi connectivity index (χ4n) is 2.66. The number of hydrogen-bond acceptors (Lipinski definition) is 4. The highest BCUT2D eigenvalue weighted by atomic mass is 16.5. The number of aromatic nitrogens is 1. The first kappa shape index (κ1) is 13.1. The monoisotopic (exact) mass is 251 g/mol. The molecule has 1 aliphatic carbocycles. The molecular formula is C13H21N3O2. The van der Waals surface area contributed by atoms with Gasteiger partial charge in [0.2, 0.25) is 11.8 Å². The highest BCUT2D eigenvalue weighted by molar-refractivity contribution is 5.90. The molecule has 1 aromatic rings. The minimum atomic E-state index is -0.0442. The molecule has 0 radical (unpaired) electrons. The summed E-state index contributed by atoms with van der Waals surface area (Å²) in [5.74, 6) is 0.418. The number of amides is 1. The number of anilines is 1. The van der Waals surface area contributed by atoms with Crippen LogP contribution in [0, 0.1) is 6.92 Å². The third kappa shape index (κ3) is 3.10. The Morgan fingerprint density at radius 3 is 2.72 bits per heavy atom. The van der Waals surface area contributed by atoms with Gasteiger partial charge in [-0.15, -0.1) is 0 Å². The zero-order valence-electron chi connectivity index (χ0n) is 11.1. The molecule has 1 fully saturated rings. The molecule has 0 aliphatic heterocycles. The number of rotatable bonds is 4. The zero-order chi connectivity index (χ0) is 13.0. The summed E-state index contributed by atoms with van der Waals surface area (Å²) >= 11 is 0. The predicted molar refractivity (Wildman–Crippen MR) is 69.4 cm³/mol. The fourth-order valence-corrected chi connectivity index (χ4v) is 2.66. The molecule has 2 N–H and O–H groups in total. The predicted octanol–water partition coefficient (Wildman–Crippen LogP) is 2.23. The Morgan fingerprint density at radius 1 is 1.44 bits per heavy atom. The van der Waals surface area contributed by atoms with Gasteiger partial charge in [0.25, 0.3) is 0 Å². The van der Waals surface area contributed by atoms with E-state index in [-0.39, 0.29) is 11.4 Å². The summed E-state index contributed by atoms with van der Waals surface area (Å²) in [6, 6.07) is 1.73. The highest BCUT2D eigenvalue weighted by Gasteiger charge is 2.32. The lowest BCUT2D eigenvalue weighted by molar-refractivity contribution is -0.118. The van der Waals surface area contributed by atoms with Crippen molar-refractivity contribution in [2.75, 3.05) is 12.4 Å². The first-order valence-electron chi connectivity index (χ1n) is 6.56. The van der Waals surface area contributed by atoms with E-state index < -0.39 is 0 Å². The molecule has 18 heavy (non-hydrogen) atoms. The zero-order valence-corrected chi connectivity index (χ0v) is 11.1. The molecule has 1 aromatic heterocycles. The van der Waals surface area contributed by atoms with E-state index in [0.717, 1.165) is 18.5 Å². The van der Waals surface area contributed by atoms with Crippen molar-refractivity contribution in [1.82, 2.24) is 10.5 Å². The highest BCUT2D eigenvalue weighted by Crippen LogP contribution is 2.31. The fraction of sp³-hybridized carbons (Fsp3) is 0.692. The van der Waals surface area contributed by atoms with Gasteiger partial charge in [0.1, 0.15) is 0 Å².